The molecule has 0 aliphatic heterocycles. The molecule has 0 unspecified atom stereocenters. The molecule has 0 aliphatic rings. The van der Waals surface area contributed by atoms with Crippen LogP contribution in [0.4, 0.5) is 0 Å². The van der Waals surface area contributed by atoms with Crippen LogP contribution in [-0.4, -0.2) is 32.1 Å². The van der Waals surface area contributed by atoms with Crippen molar-refractivity contribution in [3.63, 3.8) is 0 Å². The Bertz CT molecular complexity index is 194. The molecule has 0 bridgehead atoms. The van der Waals surface area contributed by atoms with Crippen molar-refractivity contribution in [1.29, 1.82) is 0 Å². The van der Waals surface area contributed by atoms with Crippen molar-refractivity contribution in [2.24, 2.45) is 0 Å². The smallest absolute Gasteiger partial charge is 0.330 e. The third-order valence-electron chi connectivity index (χ3n) is 2.13. The van der Waals surface area contributed by atoms with E-state index in [0.717, 1.165) is 31.8 Å². The zero-order chi connectivity index (χ0) is 12.9. The van der Waals surface area contributed by atoms with Crippen LogP contribution in [0.2, 0.25) is 0 Å². The molecule has 0 saturated carbocycles. The van der Waals surface area contributed by atoms with Gasteiger partial charge in [-0.05, 0) is 12.8 Å². The van der Waals surface area contributed by atoms with E-state index in [9.17, 15) is 4.79 Å². The second-order valence-electron chi connectivity index (χ2n) is 3.71. The summed E-state index contributed by atoms with van der Waals surface area (Å²) >= 11 is 0. The van der Waals surface area contributed by atoms with Crippen LogP contribution in [0.1, 0.15) is 39.5 Å². The van der Waals surface area contributed by atoms with E-state index < -0.39 is 12.3 Å². The number of carbonyl (C=O) groups excluding carboxylic acids is 1. The molecule has 17 heavy (non-hydrogen) atoms. The van der Waals surface area contributed by atoms with Crippen molar-refractivity contribution >= 4 is 5.97 Å². The van der Waals surface area contributed by atoms with Crippen molar-refractivity contribution in [1.82, 2.24) is 0 Å². The Morgan fingerprint density at radius 3 is 2.12 bits per heavy atom. The molecular weight excluding hydrogens is 220 g/mol. The molecule has 0 N–H and O–H groups in total. The summed E-state index contributed by atoms with van der Waals surface area (Å²) < 4.78 is 15.9. The Kier molecular flexibility index (Phi) is 11.0. The minimum Gasteiger partial charge on any atom is -0.457 e. The van der Waals surface area contributed by atoms with E-state index in [2.05, 4.69) is 20.4 Å². The molecule has 0 aliphatic carbocycles. The highest BCUT2D eigenvalue weighted by molar-refractivity contribution is 5.81. The van der Waals surface area contributed by atoms with Crippen LogP contribution < -0.4 is 0 Å². The Morgan fingerprint density at radius 1 is 1.18 bits per heavy atom. The maximum absolute atomic E-state index is 10.9. The number of rotatable bonds is 11. The SMILES string of the molecule is C=CC(=O)OCC(OCCCC)OCCCC. The van der Waals surface area contributed by atoms with Crippen molar-refractivity contribution in [2.45, 2.75) is 45.8 Å². The van der Waals surface area contributed by atoms with Crippen molar-refractivity contribution in [3.05, 3.63) is 12.7 Å². The zero-order valence-corrected chi connectivity index (χ0v) is 10.9. The number of carbonyl (C=O) groups is 1. The van der Waals surface area contributed by atoms with Gasteiger partial charge in [0.25, 0.3) is 0 Å². The highest BCUT2D eigenvalue weighted by Gasteiger charge is 2.11. The summed E-state index contributed by atoms with van der Waals surface area (Å²) in [5.41, 5.74) is 0. The van der Waals surface area contributed by atoms with Gasteiger partial charge in [0.15, 0.2) is 6.29 Å². The van der Waals surface area contributed by atoms with Crippen LogP contribution in [0.3, 0.4) is 0 Å². The lowest BCUT2D eigenvalue weighted by Crippen LogP contribution is -2.25. The zero-order valence-electron chi connectivity index (χ0n) is 10.9. The summed E-state index contributed by atoms with van der Waals surface area (Å²) in [6.07, 6.45) is 4.75. The van der Waals surface area contributed by atoms with Gasteiger partial charge in [-0.25, -0.2) is 4.79 Å². The highest BCUT2D eigenvalue weighted by Crippen LogP contribution is 2.01. The van der Waals surface area contributed by atoms with E-state index in [1.54, 1.807) is 0 Å². The van der Waals surface area contributed by atoms with Gasteiger partial charge in [-0.15, -0.1) is 0 Å². The topological polar surface area (TPSA) is 44.8 Å². The van der Waals surface area contributed by atoms with E-state index in [1.165, 1.54) is 0 Å². The molecule has 0 fully saturated rings. The lowest BCUT2D eigenvalue weighted by Gasteiger charge is -2.18. The lowest BCUT2D eigenvalue weighted by molar-refractivity contribution is -0.180. The highest BCUT2D eigenvalue weighted by atomic mass is 16.7. The molecule has 0 rings (SSSR count). The number of unbranched alkanes of at least 4 members (excludes halogenated alkanes) is 2. The first kappa shape index (κ1) is 16.1. The fourth-order valence-corrected chi connectivity index (χ4v) is 1.07. The monoisotopic (exact) mass is 244 g/mol. The first-order chi connectivity index (χ1) is 8.24. The molecule has 0 radical (unpaired) electrons. The lowest BCUT2D eigenvalue weighted by atomic mass is 10.3. The van der Waals surface area contributed by atoms with E-state index >= 15 is 0 Å². The Labute approximate surface area is 104 Å². The maximum Gasteiger partial charge on any atom is 0.330 e. The van der Waals surface area contributed by atoms with Gasteiger partial charge in [-0.2, -0.15) is 0 Å². The third kappa shape index (κ3) is 10.0. The second-order valence-corrected chi connectivity index (χ2v) is 3.71. The van der Waals surface area contributed by atoms with Crippen LogP contribution in [0.5, 0.6) is 0 Å². The minimum atomic E-state index is -0.461. The summed E-state index contributed by atoms with van der Waals surface area (Å²) in [4.78, 5) is 10.9. The van der Waals surface area contributed by atoms with Gasteiger partial charge in [0.05, 0.1) is 0 Å². The molecule has 4 nitrogen and oxygen atoms in total. The molecular formula is C13H24O4. The van der Waals surface area contributed by atoms with Crippen molar-refractivity contribution in [3.8, 4) is 0 Å². The Morgan fingerprint density at radius 2 is 1.71 bits per heavy atom. The Balaban J connectivity index is 3.82. The van der Waals surface area contributed by atoms with Crippen molar-refractivity contribution < 1.29 is 19.0 Å². The van der Waals surface area contributed by atoms with E-state index in [1.807, 2.05) is 0 Å². The maximum atomic E-state index is 10.9. The normalized spacial score (nSPS) is 10.5. The summed E-state index contributed by atoms with van der Waals surface area (Å²) in [6, 6.07) is 0. The first-order valence-corrected chi connectivity index (χ1v) is 6.27. The van der Waals surface area contributed by atoms with Gasteiger partial charge in [0.1, 0.15) is 6.61 Å². The molecule has 0 aromatic heterocycles. The quantitative estimate of drug-likeness (QED) is 0.242. The first-order valence-electron chi connectivity index (χ1n) is 6.27. The molecule has 100 valence electrons. The van der Waals surface area contributed by atoms with Gasteiger partial charge < -0.3 is 14.2 Å². The fourth-order valence-electron chi connectivity index (χ4n) is 1.07. The summed E-state index contributed by atoms with van der Waals surface area (Å²) in [5.74, 6) is -0.451. The standard InChI is InChI=1S/C13H24O4/c1-4-7-9-15-13(16-10-8-5-2)11-17-12(14)6-3/h6,13H,3-5,7-11H2,1-2H3. The van der Waals surface area contributed by atoms with E-state index in [4.69, 9.17) is 14.2 Å². The average molecular weight is 244 g/mol. The molecule has 0 heterocycles. The van der Waals surface area contributed by atoms with Gasteiger partial charge >= 0.3 is 5.97 Å². The van der Waals surface area contributed by atoms with Crippen LogP contribution in [0.15, 0.2) is 12.7 Å². The van der Waals surface area contributed by atoms with Crippen LogP contribution in [-0.2, 0) is 19.0 Å². The fraction of sp³-hybridized carbons (Fsp3) is 0.769. The molecule has 0 amide bonds. The molecule has 0 aromatic carbocycles. The molecule has 4 heteroatoms. The summed E-state index contributed by atoms with van der Waals surface area (Å²) in [5, 5.41) is 0. The van der Waals surface area contributed by atoms with Gasteiger partial charge in [-0.3, -0.25) is 0 Å². The van der Waals surface area contributed by atoms with Crippen LogP contribution >= 0.6 is 0 Å². The molecule has 0 atom stereocenters. The number of esters is 1. The minimum absolute atomic E-state index is 0.123. The summed E-state index contributed by atoms with van der Waals surface area (Å²) in [7, 11) is 0. The number of ether oxygens (including phenoxy) is 3. The van der Waals surface area contributed by atoms with Crippen LogP contribution in [0.25, 0.3) is 0 Å². The van der Waals surface area contributed by atoms with Gasteiger partial charge in [0.2, 0.25) is 0 Å². The Hall–Kier alpha value is -0.870. The number of hydrogen-bond acceptors (Lipinski definition) is 4. The van der Waals surface area contributed by atoms with E-state index in [0.29, 0.717) is 13.2 Å². The molecule has 0 aromatic rings. The summed E-state index contributed by atoms with van der Waals surface area (Å²) in [6.45, 7) is 8.89. The van der Waals surface area contributed by atoms with Crippen molar-refractivity contribution in [2.75, 3.05) is 19.8 Å². The predicted octanol–water partition coefficient (Wildman–Crippen LogP) is 2.68. The third-order valence-corrected chi connectivity index (χ3v) is 2.13. The van der Waals surface area contributed by atoms with E-state index in [-0.39, 0.29) is 6.61 Å². The van der Waals surface area contributed by atoms with Gasteiger partial charge in [0, 0.05) is 19.3 Å². The van der Waals surface area contributed by atoms with Crippen LogP contribution in [0, 0.1) is 0 Å². The number of hydrogen-bond donors (Lipinski definition) is 0. The largest absolute Gasteiger partial charge is 0.457 e. The average Bonchev–Trinajstić information content (AvgIpc) is 2.35. The second kappa shape index (κ2) is 11.6. The molecule has 0 spiro atoms. The molecule has 0 saturated heterocycles. The van der Waals surface area contributed by atoms with Gasteiger partial charge in [-0.1, -0.05) is 33.3 Å². The predicted molar refractivity (Wildman–Crippen MR) is 66.7 cm³/mol.